The topological polar surface area (TPSA) is 0 Å². The first-order chi connectivity index (χ1) is 7.65. The van der Waals surface area contributed by atoms with Crippen molar-refractivity contribution in [3.05, 3.63) is 26.8 Å². The highest BCUT2D eigenvalue weighted by molar-refractivity contribution is 8.40. The first-order valence-corrected chi connectivity index (χ1v) is 10.3. The van der Waals surface area contributed by atoms with E-state index in [1.165, 1.54) is 26.8 Å². The predicted octanol–water partition coefficient (Wildman–Crippen LogP) is 6.18. The van der Waals surface area contributed by atoms with Gasteiger partial charge in [-0.15, -0.1) is 23.5 Å². The number of hydrogen-bond acceptors (Lipinski definition) is 6. The first-order valence-electron chi connectivity index (χ1n) is 4.61. The third kappa shape index (κ3) is 2.83. The summed E-state index contributed by atoms with van der Waals surface area (Å²) < 4.78 is 5.87. The number of thioether (sulfide) groups is 6. The maximum atomic E-state index is 2.22. The van der Waals surface area contributed by atoms with Crippen LogP contribution in [-0.2, 0) is 0 Å². The van der Waals surface area contributed by atoms with Crippen LogP contribution in [0.1, 0.15) is 13.8 Å². The van der Waals surface area contributed by atoms with Crippen molar-refractivity contribution in [3.8, 4) is 0 Å². The molecule has 2 aliphatic rings. The van der Waals surface area contributed by atoms with E-state index in [-0.39, 0.29) is 0 Å². The van der Waals surface area contributed by atoms with Gasteiger partial charge in [-0.3, -0.25) is 0 Å². The van der Waals surface area contributed by atoms with Crippen LogP contribution in [0.5, 0.6) is 0 Å². The molecule has 0 aromatic rings. The fourth-order valence-electron chi connectivity index (χ4n) is 1.25. The Hall–Kier alpha value is 1.32. The largest absolute Gasteiger partial charge is 0.122 e. The Morgan fingerprint density at radius 2 is 1.06 bits per heavy atom. The van der Waals surface area contributed by atoms with Crippen LogP contribution in [0, 0.1) is 0 Å². The molecule has 0 saturated carbocycles. The molecular weight excluding hydrogens is 313 g/mol. The molecule has 6 heteroatoms. The highest BCUT2D eigenvalue weighted by Gasteiger charge is 2.26. The van der Waals surface area contributed by atoms with Gasteiger partial charge >= 0.3 is 0 Å². The zero-order chi connectivity index (χ0) is 11.7. The van der Waals surface area contributed by atoms with Crippen molar-refractivity contribution in [2.75, 3.05) is 12.5 Å². The van der Waals surface area contributed by atoms with Crippen LogP contribution in [0.4, 0.5) is 0 Å². The average Bonchev–Trinajstić information content (AvgIpc) is 2.81. The van der Waals surface area contributed by atoms with Crippen LogP contribution in [-0.4, -0.2) is 12.5 Å². The summed E-state index contributed by atoms with van der Waals surface area (Å²) in [6.45, 7) is 4.44. The van der Waals surface area contributed by atoms with Gasteiger partial charge in [-0.2, -0.15) is 0 Å². The molecule has 0 spiro atoms. The second-order valence-electron chi connectivity index (χ2n) is 3.08. The third-order valence-electron chi connectivity index (χ3n) is 1.97. The minimum absolute atomic E-state index is 1.46. The van der Waals surface area contributed by atoms with E-state index in [9.17, 15) is 0 Å². The fraction of sp³-hybridized carbons (Fsp3) is 0.400. The van der Waals surface area contributed by atoms with E-state index in [0.717, 1.165) is 0 Å². The normalized spacial score (nSPS) is 26.2. The summed E-state index contributed by atoms with van der Waals surface area (Å²) in [4.78, 5) is 2.91. The van der Waals surface area contributed by atoms with Gasteiger partial charge in [0.1, 0.15) is 0 Å². The van der Waals surface area contributed by atoms with Gasteiger partial charge in [0.05, 0.1) is 16.9 Å². The minimum Gasteiger partial charge on any atom is -0.122 e. The molecule has 0 atom stereocenters. The molecule has 0 saturated heterocycles. The minimum atomic E-state index is 1.46. The first kappa shape index (κ1) is 13.7. The lowest BCUT2D eigenvalue weighted by Crippen LogP contribution is -1.66. The molecule has 16 heavy (non-hydrogen) atoms. The Kier molecular flexibility index (Phi) is 5.13. The third-order valence-corrected chi connectivity index (χ3v) is 10.4. The molecule has 0 radical (unpaired) electrons. The molecule has 0 bridgehead atoms. The molecule has 2 heterocycles. The summed E-state index contributed by atoms with van der Waals surface area (Å²) in [5.74, 6) is 0. The standard InChI is InChI=1S/C10H12S6/c1-5-7(11-3)15-9(13-5)10-14-6(2)8(12-4)16-10/h1-4H3/b10-9+. The van der Waals surface area contributed by atoms with E-state index in [0.29, 0.717) is 0 Å². The van der Waals surface area contributed by atoms with Gasteiger partial charge < -0.3 is 0 Å². The monoisotopic (exact) mass is 324 g/mol. The molecule has 0 amide bonds. The Morgan fingerprint density at radius 1 is 0.688 bits per heavy atom. The van der Waals surface area contributed by atoms with Gasteiger partial charge in [0.2, 0.25) is 0 Å². The van der Waals surface area contributed by atoms with Gasteiger partial charge in [-0.1, -0.05) is 47.0 Å². The van der Waals surface area contributed by atoms with E-state index in [4.69, 9.17) is 0 Å². The Morgan fingerprint density at radius 3 is 1.31 bits per heavy atom. The van der Waals surface area contributed by atoms with Crippen molar-refractivity contribution >= 4 is 70.6 Å². The smallest absolute Gasteiger partial charge is 0.0708 e. The predicted molar refractivity (Wildman–Crippen MR) is 89.8 cm³/mol. The van der Waals surface area contributed by atoms with E-state index < -0.39 is 0 Å². The molecule has 0 aromatic carbocycles. The van der Waals surface area contributed by atoms with E-state index in [1.54, 1.807) is 0 Å². The quantitative estimate of drug-likeness (QED) is 0.590. The van der Waals surface area contributed by atoms with Crippen LogP contribution in [0.3, 0.4) is 0 Å². The summed E-state index contributed by atoms with van der Waals surface area (Å²) in [6.07, 6.45) is 4.32. The lowest BCUT2D eigenvalue weighted by Gasteiger charge is -2.01. The number of rotatable bonds is 2. The molecule has 2 rings (SSSR count). The summed E-state index contributed by atoms with van der Waals surface area (Å²) in [5.41, 5.74) is 0. The van der Waals surface area contributed by atoms with Gasteiger partial charge in [0.15, 0.2) is 0 Å². The van der Waals surface area contributed by atoms with Crippen LogP contribution in [0.2, 0.25) is 0 Å². The summed E-state index contributed by atoms with van der Waals surface area (Å²) in [7, 11) is 0. The van der Waals surface area contributed by atoms with Gasteiger partial charge in [-0.25, -0.2) is 0 Å². The van der Waals surface area contributed by atoms with Gasteiger partial charge in [0.25, 0.3) is 0 Å². The van der Waals surface area contributed by atoms with Crippen molar-refractivity contribution in [1.82, 2.24) is 0 Å². The SMILES string of the molecule is CSC1=C(C)S/C(=C2/SC(C)=C(SC)S2)S1. The summed E-state index contributed by atoms with van der Waals surface area (Å²) in [6, 6.07) is 0. The molecule has 0 nitrogen and oxygen atoms in total. The van der Waals surface area contributed by atoms with Gasteiger partial charge in [-0.05, 0) is 26.4 Å². The van der Waals surface area contributed by atoms with Crippen molar-refractivity contribution in [3.63, 3.8) is 0 Å². The molecule has 88 valence electrons. The lowest BCUT2D eigenvalue weighted by molar-refractivity contribution is 1.71. The molecule has 0 aromatic heterocycles. The molecular formula is C10H12S6. The second-order valence-corrected chi connectivity index (χ2v) is 10.2. The Labute approximate surface area is 123 Å². The van der Waals surface area contributed by atoms with E-state index in [2.05, 4.69) is 26.4 Å². The van der Waals surface area contributed by atoms with Gasteiger partial charge in [0, 0.05) is 9.81 Å². The highest BCUT2D eigenvalue weighted by atomic mass is 32.2. The van der Waals surface area contributed by atoms with Crippen molar-refractivity contribution in [2.24, 2.45) is 0 Å². The zero-order valence-electron chi connectivity index (χ0n) is 9.45. The van der Waals surface area contributed by atoms with Crippen LogP contribution in [0.25, 0.3) is 0 Å². The van der Waals surface area contributed by atoms with Crippen LogP contribution < -0.4 is 0 Å². The molecule has 2 aliphatic heterocycles. The molecule has 0 N–H and O–H groups in total. The van der Waals surface area contributed by atoms with E-state index >= 15 is 0 Å². The second kappa shape index (κ2) is 5.97. The molecule has 0 aliphatic carbocycles. The number of allylic oxidation sites excluding steroid dienone is 2. The maximum absolute atomic E-state index is 2.22. The highest BCUT2D eigenvalue weighted by Crippen LogP contribution is 2.62. The Balaban J connectivity index is 2.13. The average molecular weight is 325 g/mol. The van der Waals surface area contributed by atoms with Crippen molar-refractivity contribution in [2.45, 2.75) is 13.8 Å². The molecule has 0 fully saturated rings. The zero-order valence-corrected chi connectivity index (χ0v) is 14.3. The summed E-state index contributed by atoms with van der Waals surface area (Å²) in [5, 5.41) is 0. The van der Waals surface area contributed by atoms with Crippen molar-refractivity contribution in [1.29, 1.82) is 0 Å². The summed E-state index contributed by atoms with van der Waals surface area (Å²) >= 11 is 11.5. The Bertz CT molecular complexity index is 366. The molecule has 0 unspecified atom stereocenters. The maximum Gasteiger partial charge on any atom is 0.0708 e. The van der Waals surface area contributed by atoms with Crippen LogP contribution >= 0.6 is 70.6 Å². The lowest BCUT2D eigenvalue weighted by atomic mass is 10.7. The van der Waals surface area contributed by atoms with Crippen molar-refractivity contribution < 1.29 is 0 Å². The van der Waals surface area contributed by atoms with Crippen LogP contribution in [0.15, 0.2) is 26.8 Å². The fourth-order valence-corrected chi connectivity index (χ4v) is 8.82. The van der Waals surface area contributed by atoms with E-state index in [1.807, 2.05) is 70.6 Å². The number of hydrogen-bond donors (Lipinski definition) is 0.